The van der Waals surface area contributed by atoms with E-state index in [1.807, 2.05) is 0 Å². The lowest BCUT2D eigenvalue weighted by atomic mass is 9.67. The summed E-state index contributed by atoms with van der Waals surface area (Å²) in [5.74, 6) is -2.05. The summed E-state index contributed by atoms with van der Waals surface area (Å²) < 4.78 is 5.87. The van der Waals surface area contributed by atoms with E-state index in [0.29, 0.717) is 49.4 Å². The SMILES string of the molecule is CCCCCC(OOCC1CC(C2CCCCC2)CCC1C(=O)O)OC(=O)C1CC(C2CCCCC2)CCC1C(=O)O. The van der Waals surface area contributed by atoms with Gasteiger partial charge in [-0.2, -0.15) is 4.89 Å². The molecule has 7 atom stereocenters. The van der Waals surface area contributed by atoms with Gasteiger partial charge < -0.3 is 14.9 Å². The minimum Gasteiger partial charge on any atom is -0.481 e. The predicted molar refractivity (Wildman–Crippen MR) is 158 cm³/mol. The molecule has 0 spiro atoms. The summed E-state index contributed by atoms with van der Waals surface area (Å²) in [4.78, 5) is 49.1. The van der Waals surface area contributed by atoms with Crippen LogP contribution in [0.1, 0.15) is 135 Å². The van der Waals surface area contributed by atoms with Crippen LogP contribution in [-0.2, 0) is 28.9 Å². The number of hydrogen-bond donors (Lipinski definition) is 2. The second-order valence-electron chi connectivity index (χ2n) is 13.9. The topological polar surface area (TPSA) is 119 Å². The van der Waals surface area contributed by atoms with E-state index < -0.39 is 42.0 Å². The number of ether oxygens (including phenoxy) is 1. The highest BCUT2D eigenvalue weighted by Gasteiger charge is 2.43. The fraction of sp³-hybridized carbons (Fsp3) is 0.912. The van der Waals surface area contributed by atoms with Gasteiger partial charge in [0.2, 0.25) is 6.29 Å². The maximum Gasteiger partial charge on any atom is 0.312 e. The lowest BCUT2D eigenvalue weighted by Gasteiger charge is -2.39. The van der Waals surface area contributed by atoms with Crippen molar-refractivity contribution in [3.05, 3.63) is 0 Å². The van der Waals surface area contributed by atoms with E-state index in [0.717, 1.165) is 38.5 Å². The van der Waals surface area contributed by atoms with Crippen molar-refractivity contribution in [3.8, 4) is 0 Å². The van der Waals surface area contributed by atoms with Crippen LogP contribution in [0.15, 0.2) is 0 Å². The first kappa shape index (κ1) is 33.2. The molecule has 0 aromatic carbocycles. The van der Waals surface area contributed by atoms with Crippen LogP contribution in [0.2, 0.25) is 0 Å². The zero-order valence-electron chi connectivity index (χ0n) is 25.9. The molecular formula is C34H56O8. The largest absolute Gasteiger partial charge is 0.481 e. The quantitative estimate of drug-likeness (QED) is 0.0690. The summed E-state index contributed by atoms with van der Waals surface area (Å²) in [5.41, 5.74) is 0. The van der Waals surface area contributed by atoms with Crippen molar-refractivity contribution < 1.29 is 39.1 Å². The number of carbonyl (C=O) groups is 3. The molecule has 0 aromatic rings. The molecule has 4 aliphatic carbocycles. The van der Waals surface area contributed by atoms with Gasteiger partial charge in [-0.05, 0) is 74.5 Å². The fourth-order valence-electron chi connectivity index (χ4n) is 8.74. The van der Waals surface area contributed by atoms with Gasteiger partial charge in [0.15, 0.2) is 0 Å². The number of esters is 1. The van der Waals surface area contributed by atoms with Crippen molar-refractivity contribution in [2.45, 2.75) is 142 Å². The molecule has 240 valence electrons. The van der Waals surface area contributed by atoms with Crippen molar-refractivity contribution in [1.29, 1.82) is 0 Å². The van der Waals surface area contributed by atoms with Crippen LogP contribution in [0.4, 0.5) is 0 Å². The minimum absolute atomic E-state index is 0.138. The zero-order valence-corrected chi connectivity index (χ0v) is 25.9. The number of hydrogen-bond acceptors (Lipinski definition) is 6. The first-order valence-corrected chi connectivity index (χ1v) is 17.3. The van der Waals surface area contributed by atoms with Crippen molar-refractivity contribution in [2.75, 3.05) is 6.61 Å². The highest BCUT2D eigenvalue weighted by atomic mass is 17.2. The van der Waals surface area contributed by atoms with E-state index in [9.17, 15) is 24.6 Å². The summed E-state index contributed by atoms with van der Waals surface area (Å²) in [6, 6.07) is 0. The Bertz CT molecular complexity index is 848. The van der Waals surface area contributed by atoms with Gasteiger partial charge in [0.1, 0.15) is 0 Å². The summed E-state index contributed by atoms with van der Waals surface area (Å²) in [7, 11) is 0. The Hall–Kier alpha value is -1.67. The second-order valence-corrected chi connectivity index (χ2v) is 13.9. The van der Waals surface area contributed by atoms with E-state index in [1.54, 1.807) is 0 Å². The molecule has 42 heavy (non-hydrogen) atoms. The van der Waals surface area contributed by atoms with Gasteiger partial charge in [0.05, 0.1) is 24.4 Å². The highest BCUT2D eigenvalue weighted by Crippen LogP contribution is 2.44. The number of rotatable bonds is 14. The van der Waals surface area contributed by atoms with Crippen LogP contribution in [0, 0.1) is 47.3 Å². The maximum absolute atomic E-state index is 13.5. The molecule has 0 aromatic heterocycles. The Morgan fingerprint density at radius 1 is 0.667 bits per heavy atom. The number of carboxylic acid groups (broad SMARTS) is 2. The molecule has 0 heterocycles. The Labute approximate surface area is 252 Å². The first-order chi connectivity index (χ1) is 20.4. The molecule has 4 rings (SSSR count). The lowest BCUT2D eigenvalue weighted by molar-refractivity contribution is -0.378. The van der Waals surface area contributed by atoms with Crippen LogP contribution in [0.3, 0.4) is 0 Å². The number of carboxylic acids is 2. The summed E-state index contributed by atoms with van der Waals surface area (Å²) >= 11 is 0. The van der Waals surface area contributed by atoms with Crippen LogP contribution in [-0.4, -0.2) is 41.0 Å². The molecule has 2 N–H and O–H groups in total. The zero-order chi connectivity index (χ0) is 29.9. The van der Waals surface area contributed by atoms with Crippen LogP contribution < -0.4 is 0 Å². The van der Waals surface area contributed by atoms with Gasteiger partial charge in [-0.15, -0.1) is 0 Å². The van der Waals surface area contributed by atoms with Gasteiger partial charge in [0.25, 0.3) is 0 Å². The third kappa shape index (κ3) is 9.41. The predicted octanol–water partition coefficient (Wildman–Crippen LogP) is 7.78. The first-order valence-electron chi connectivity index (χ1n) is 17.3. The molecule has 8 nitrogen and oxygen atoms in total. The van der Waals surface area contributed by atoms with Crippen LogP contribution in [0.25, 0.3) is 0 Å². The minimum atomic E-state index is -0.928. The van der Waals surface area contributed by atoms with Crippen molar-refractivity contribution in [1.82, 2.24) is 0 Å². The molecule has 0 aliphatic heterocycles. The Morgan fingerprint density at radius 3 is 1.81 bits per heavy atom. The lowest BCUT2D eigenvalue weighted by Crippen LogP contribution is -2.40. The van der Waals surface area contributed by atoms with Gasteiger partial charge in [-0.1, -0.05) is 84.0 Å². The van der Waals surface area contributed by atoms with E-state index >= 15 is 0 Å². The Kier molecular flexibility index (Phi) is 13.4. The second kappa shape index (κ2) is 17.0. The average Bonchev–Trinajstić information content (AvgIpc) is 3.01. The number of carbonyl (C=O) groups excluding carboxylic acids is 1. The van der Waals surface area contributed by atoms with E-state index in [1.165, 1.54) is 64.2 Å². The Balaban J connectivity index is 1.35. The molecular weight excluding hydrogens is 536 g/mol. The standard InChI is InChI=1S/C34H56O8/c1-2-3-6-15-31(41-34(39)30-21-26(17-19-29(30)33(37)38)24-13-9-5-10-14-24)42-40-22-27-20-25(16-18-28(27)32(35)36)23-11-7-4-8-12-23/h23-31H,2-22H2,1H3,(H,35,36)(H,37,38). The van der Waals surface area contributed by atoms with Crippen molar-refractivity contribution in [3.63, 3.8) is 0 Å². The van der Waals surface area contributed by atoms with Gasteiger partial charge in [-0.3, -0.25) is 14.4 Å². The molecule has 7 unspecified atom stereocenters. The van der Waals surface area contributed by atoms with Crippen molar-refractivity contribution >= 4 is 17.9 Å². The summed E-state index contributed by atoms with van der Waals surface area (Å²) in [6.07, 6.45) is 19.0. The molecule has 4 aliphatic rings. The molecule has 0 radical (unpaired) electrons. The summed E-state index contributed by atoms with van der Waals surface area (Å²) in [5, 5.41) is 19.8. The summed E-state index contributed by atoms with van der Waals surface area (Å²) in [6.45, 7) is 2.26. The van der Waals surface area contributed by atoms with E-state index in [2.05, 4.69) is 6.92 Å². The normalized spacial score (nSPS) is 32.2. The van der Waals surface area contributed by atoms with Crippen LogP contribution >= 0.6 is 0 Å². The molecule has 8 heteroatoms. The molecule has 0 bridgehead atoms. The molecule has 0 saturated heterocycles. The number of aliphatic carboxylic acids is 2. The Morgan fingerprint density at radius 2 is 1.24 bits per heavy atom. The highest BCUT2D eigenvalue weighted by molar-refractivity contribution is 5.81. The van der Waals surface area contributed by atoms with E-state index in [4.69, 9.17) is 14.5 Å². The molecule has 4 fully saturated rings. The van der Waals surface area contributed by atoms with E-state index in [-0.39, 0.29) is 12.5 Å². The van der Waals surface area contributed by atoms with Gasteiger partial charge >= 0.3 is 17.9 Å². The van der Waals surface area contributed by atoms with Crippen LogP contribution in [0.5, 0.6) is 0 Å². The third-order valence-corrected chi connectivity index (χ3v) is 11.2. The molecule has 0 amide bonds. The average molecular weight is 593 g/mol. The van der Waals surface area contributed by atoms with Crippen molar-refractivity contribution in [2.24, 2.45) is 47.3 Å². The number of unbranched alkanes of at least 4 members (excludes halogenated alkanes) is 2. The van der Waals surface area contributed by atoms with Gasteiger partial charge in [0, 0.05) is 6.42 Å². The smallest absolute Gasteiger partial charge is 0.312 e. The molecule has 4 saturated carbocycles. The fourth-order valence-corrected chi connectivity index (χ4v) is 8.74. The monoisotopic (exact) mass is 592 g/mol. The maximum atomic E-state index is 13.5. The third-order valence-electron chi connectivity index (χ3n) is 11.2. The van der Waals surface area contributed by atoms with Gasteiger partial charge in [-0.25, -0.2) is 4.89 Å².